The molecule has 5 rings (SSSR count). The van der Waals surface area contributed by atoms with Gasteiger partial charge in [0, 0.05) is 37.6 Å². The van der Waals surface area contributed by atoms with Crippen molar-refractivity contribution >= 4 is 56.7 Å². The SMILES string of the molecule is C\C=C(/C=C\C=C(/C)c1c(-c2c(C#N)cccc2C#N)c2cc(F)ccc2n1Sc1ccc(C(F)F)cc1)c1ccc(S(=O)O)cc1Cl. The van der Waals surface area contributed by atoms with Crippen LogP contribution in [-0.4, -0.2) is 12.7 Å². The maximum absolute atomic E-state index is 14.9. The molecule has 1 aromatic heterocycles. The highest BCUT2D eigenvalue weighted by molar-refractivity contribution is 7.98. The van der Waals surface area contributed by atoms with Gasteiger partial charge >= 0.3 is 0 Å². The van der Waals surface area contributed by atoms with Crippen molar-refractivity contribution in [1.29, 1.82) is 10.5 Å². The quantitative estimate of drug-likeness (QED) is 0.122. The molecule has 1 N–H and O–H groups in total. The topological polar surface area (TPSA) is 89.8 Å². The fourth-order valence-corrected chi connectivity index (χ4v) is 7.09. The van der Waals surface area contributed by atoms with Crippen molar-refractivity contribution in [3.05, 3.63) is 142 Å². The van der Waals surface area contributed by atoms with Gasteiger partial charge in [0.1, 0.15) is 5.82 Å². The van der Waals surface area contributed by atoms with Crippen molar-refractivity contribution in [2.75, 3.05) is 0 Å². The highest BCUT2D eigenvalue weighted by atomic mass is 35.5. The Kier molecular flexibility index (Phi) is 10.7. The molecular weight excluding hydrogens is 675 g/mol. The second-order valence-electron chi connectivity index (χ2n) is 10.4. The summed E-state index contributed by atoms with van der Waals surface area (Å²) in [6, 6.07) is 23.9. The summed E-state index contributed by atoms with van der Waals surface area (Å²) >= 11 is 5.50. The van der Waals surface area contributed by atoms with Gasteiger partial charge in [0.15, 0.2) is 11.1 Å². The normalized spacial score (nSPS) is 12.9. The minimum absolute atomic E-state index is 0.123. The minimum Gasteiger partial charge on any atom is -0.302 e. The maximum atomic E-state index is 14.9. The van der Waals surface area contributed by atoms with Gasteiger partial charge in [-0.05, 0) is 91.5 Å². The number of alkyl halides is 2. The van der Waals surface area contributed by atoms with Crippen LogP contribution >= 0.6 is 23.5 Å². The Morgan fingerprint density at radius 2 is 1.69 bits per heavy atom. The number of fused-ring (bicyclic) bond motifs is 1. The lowest BCUT2D eigenvalue weighted by atomic mass is 9.91. The van der Waals surface area contributed by atoms with Crippen LogP contribution in [0.2, 0.25) is 5.02 Å². The zero-order chi connectivity index (χ0) is 34.5. The third kappa shape index (κ3) is 7.03. The van der Waals surface area contributed by atoms with E-state index in [0.717, 1.165) is 5.57 Å². The largest absolute Gasteiger partial charge is 0.302 e. The third-order valence-corrected chi connectivity index (χ3v) is 9.55. The Morgan fingerprint density at radius 1 is 1.00 bits per heavy atom. The van der Waals surface area contributed by atoms with Gasteiger partial charge < -0.3 is 4.55 Å². The van der Waals surface area contributed by atoms with E-state index in [-0.39, 0.29) is 21.6 Å². The molecule has 1 unspecified atom stereocenters. The second kappa shape index (κ2) is 14.9. The number of allylic oxidation sites excluding steroid dienone is 6. The highest BCUT2D eigenvalue weighted by Crippen LogP contribution is 2.45. The van der Waals surface area contributed by atoms with E-state index in [0.29, 0.717) is 48.8 Å². The van der Waals surface area contributed by atoms with E-state index in [1.807, 2.05) is 36.0 Å². The first-order valence-corrected chi connectivity index (χ1v) is 16.6. The van der Waals surface area contributed by atoms with E-state index in [1.54, 1.807) is 48.5 Å². The van der Waals surface area contributed by atoms with E-state index in [4.69, 9.17) is 11.6 Å². The Morgan fingerprint density at radius 3 is 2.27 bits per heavy atom. The Balaban J connectivity index is 1.73. The smallest absolute Gasteiger partial charge is 0.263 e. The van der Waals surface area contributed by atoms with Crippen LogP contribution in [0.4, 0.5) is 13.2 Å². The molecular formula is C37H25ClF3N3O2S2. The summed E-state index contributed by atoms with van der Waals surface area (Å²) in [7, 11) is 0. The molecule has 0 aliphatic heterocycles. The predicted octanol–water partition coefficient (Wildman–Crippen LogP) is 11.0. The first-order valence-electron chi connectivity index (χ1n) is 14.3. The van der Waals surface area contributed by atoms with Crippen LogP contribution in [0.3, 0.4) is 0 Å². The lowest BCUT2D eigenvalue weighted by Gasteiger charge is -2.14. The van der Waals surface area contributed by atoms with Gasteiger partial charge in [0.05, 0.1) is 39.4 Å². The average Bonchev–Trinajstić information content (AvgIpc) is 3.38. The first kappa shape index (κ1) is 34.5. The van der Waals surface area contributed by atoms with Gasteiger partial charge in [-0.25, -0.2) is 17.4 Å². The van der Waals surface area contributed by atoms with E-state index in [9.17, 15) is 32.5 Å². The van der Waals surface area contributed by atoms with E-state index in [1.165, 1.54) is 48.3 Å². The fourth-order valence-electron chi connectivity index (χ4n) is 5.28. The predicted molar refractivity (Wildman–Crippen MR) is 186 cm³/mol. The van der Waals surface area contributed by atoms with Crippen molar-refractivity contribution < 1.29 is 21.9 Å². The highest BCUT2D eigenvalue weighted by Gasteiger charge is 2.25. The molecule has 0 saturated heterocycles. The number of nitrogens with zero attached hydrogens (tertiary/aromatic N) is 3. The molecule has 11 heteroatoms. The van der Waals surface area contributed by atoms with Crippen LogP contribution < -0.4 is 0 Å². The third-order valence-electron chi connectivity index (χ3n) is 7.53. The molecule has 0 saturated carbocycles. The van der Waals surface area contributed by atoms with Gasteiger partial charge in [0.2, 0.25) is 0 Å². The second-order valence-corrected chi connectivity index (χ2v) is 12.8. The summed E-state index contributed by atoms with van der Waals surface area (Å²) in [6.45, 7) is 3.66. The van der Waals surface area contributed by atoms with Crippen molar-refractivity contribution in [1.82, 2.24) is 3.97 Å². The molecule has 48 heavy (non-hydrogen) atoms. The van der Waals surface area contributed by atoms with Crippen molar-refractivity contribution in [2.45, 2.75) is 30.1 Å². The zero-order valence-corrected chi connectivity index (χ0v) is 27.8. The number of hydrogen-bond donors (Lipinski definition) is 1. The number of rotatable bonds is 9. The molecule has 0 amide bonds. The molecule has 0 bridgehead atoms. The van der Waals surface area contributed by atoms with Gasteiger partial charge in [-0.2, -0.15) is 10.5 Å². The number of aromatic nitrogens is 1. The first-order chi connectivity index (χ1) is 23.1. The minimum atomic E-state index is -2.63. The molecule has 0 fully saturated rings. The van der Waals surface area contributed by atoms with Gasteiger partial charge in [-0.3, -0.25) is 3.97 Å². The van der Waals surface area contributed by atoms with Crippen LogP contribution in [0, 0.1) is 28.5 Å². The Bertz CT molecular complexity index is 2210. The standard InChI is InChI=1S/C37H25ClF3N3O2S2/c1-3-23(30-16-15-29(48(45)46)19-32(30)38)7-4-6-22(2)36-35(34-25(20-42)8-5-9-26(34)21-43)31-18-27(39)12-17-33(31)44(36)47-28-13-10-24(11-14-28)37(40)41/h3-19,37H,1-2H3,(H,45,46)/b7-4-,22-6+,23-3+. The monoisotopic (exact) mass is 699 g/mol. The number of hydrogen-bond acceptors (Lipinski definition) is 4. The van der Waals surface area contributed by atoms with Crippen molar-refractivity contribution in [3.8, 4) is 23.3 Å². The molecule has 0 spiro atoms. The van der Waals surface area contributed by atoms with Crippen LogP contribution in [-0.2, 0) is 11.1 Å². The fraction of sp³-hybridized carbons (Fsp3) is 0.0811. The molecule has 4 aromatic carbocycles. The Hall–Kier alpha value is -4.84. The molecule has 5 nitrogen and oxygen atoms in total. The Labute approximate surface area is 287 Å². The summed E-state index contributed by atoms with van der Waals surface area (Å²) in [5.41, 5.74) is 4.36. The summed E-state index contributed by atoms with van der Waals surface area (Å²) in [6.07, 6.45) is 4.63. The van der Waals surface area contributed by atoms with Gasteiger partial charge in [-0.15, -0.1) is 0 Å². The molecule has 1 heterocycles. The van der Waals surface area contributed by atoms with E-state index >= 15 is 0 Å². The molecule has 0 radical (unpaired) electrons. The summed E-state index contributed by atoms with van der Waals surface area (Å²) in [5, 5.41) is 20.9. The summed E-state index contributed by atoms with van der Waals surface area (Å²) in [5.74, 6) is -0.515. The maximum Gasteiger partial charge on any atom is 0.263 e. The van der Waals surface area contributed by atoms with Crippen LogP contribution in [0.1, 0.15) is 48.2 Å². The number of nitriles is 2. The lowest BCUT2D eigenvalue weighted by molar-refractivity contribution is 0.151. The number of halogens is 4. The average molecular weight is 700 g/mol. The summed E-state index contributed by atoms with van der Waals surface area (Å²) < 4.78 is 64.3. The summed E-state index contributed by atoms with van der Waals surface area (Å²) in [4.78, 5) is 0.801. The van der Waals surface area contributed by atoms with Crippen LogP contribution in [0.15, 0.2) is 113 Å². The molecule has 240 valence electrons. The zero-order valence-electron chi connectivity index (χ0n) is 25.4. The molecule has 5 aromatic rings. The van der Waals surface area contributed by atoms with Gasteiger partial charge in [-0.1, -0.05) is 60.2 Å². The lowest BCUT2D eigenvalue weighted by Crippen LogP contribution is -1.97. The van der Waals surface area contributed by atoms with Gasteiger partial charge in [0.25, 0.3) is 6.43 Å². The van der Waals surface area contributed by atoms with E-state index < -0.39 is 23.3 Å². The van der Waals surface area contributed by atoms with Crippen LogP contribution in [0.5, 0.6) is 0 Å². The molecule has 0 aliphatic carbocycles. The number of benzene rings is 4. The van der Waals surface area contributed by atoms with Crippen molar-refractivity contribution in [3.63, 3.8) is 0 Å². The van der Waals surface area contributed by atoms with Crippen molar-refractivity contribution in [2.24, 2.45) is 0 Å². The molecule has 0 aliphatic rings. The van der Waals surface area contributed by atoms with E-state index in [2.05, 4.69) is 12.1 Å². The van der Waals surface area contributed by atoms with Crippen LogP contribution in [0.25, 0.3) is 33.2 Å². The molecule has 1 atom stereocenters.